The Balaban J connectivity index is 2.21. The minimum atomic E-state index is -1.16. The number of ether oxygens (including phenoxy) is 1. The van der Waals surface area contributed by atoms with E-state index in [1.807, 2.05) is 13.0 Å². The second kappa shape index (κ2) is 8.31. The first-order valence-corrected chi connectivity index (χ1v) is 7.53. The van der Waals surface area contributed by atoms with E-state index in [-0.39, 0.29) is 16.8 Å². The molecular weight excluding hydrogens is 320 g/mol. The zero-order valence-corrected chi connectivity index (χ0v) is 13.5. The number of aromatic carboxylic acids is 1. The SMILES string of the molecule is CCOc1ccc(/C=C(/C#N)C(=O)Nc2ccccc2C(=O)O)cc1. The molecule has 0 aliphatic heterocycles. The van der Waals surface area contributed by atoms with E-state index in [1.165, 1.54) is 18.2 Å². The summed E-state index contributed by atoms with van der Waals surface area (Å²) in [6.07, 6.45) is 1.43. The summed E-state index contributed by atoms with van der Waals surface area (Å²) in [5.74, 6) is -1.15. The minimum Gasteiger partial charge on any atom is -0.494 e. The Morgan fingerprint density at radius 2 is 1.88 bits per heavy atom. The van der Waals surface area contributed by atoms with E-state index >= 15 is 0 Å². The first-order valence-electron chi connectivity index (χ1n) is 7.53. The number of para-hydroxylation sites is 1. The molecule has 2 aromatic rings. The van der Waals surface area contributed by atoms with E-state index in [2.05, 4.69) is 5.32 Å². The molecule has 2 aromatic carbocycles. The highest BCUT2D eigenvalue weighted by Gasteiger charge is 2.14. The molecule has 0 unspecified atom stereocenters. The molecule has 0 saturated carbocycles. The molecule has 25 heavy (non-hydrogen) atoms. The van der Waals surface area contributed by atoms with Crippen molar-refractivity contribution in [3.05, 3.63) is 65.2 Å². The fourth-order valence-corrected chi connectivity index (χ4v) is 2.11. The molecule has 1 amide bonds. The maximum absolute atomic E-state index is 12.3. The van der Waals surface area contributed by atoms with Crippen molar-refractivity contribution in [1.29, 1.82) is 5.26 Å². The summed E-state index contributed by atoms with van der Waals surface area (Å²) in [4.78, 5) is 23.4. The lowest BCUT2D eigenvalue weighted by molar-refractivity contribution is -0.112. The minimum absolute atomic E-state index is 0.0470. The van der Waals surface area contributed by atoms with Crippen molar-refractivity contribution in [3.63, 3.8) is 0 Å². The Kier molecular flexibility index (Phi) is 5.91. The molecule has 0 bridgehead atoms. The van der Waals surface area contributed by atoms with Gasteiger partial charge in [-0.25, -0.2) is 4.79 Å². The average Bonchev–Trinajstić information content (AvgIpc) is 2.61. The number of benzene rings is 2. The standard InChI is InChI=1S/C19H16N2O4/c1-2-25-15-9-7-13(8-10-15)11-14(12-20)18(22)21-17-6-4-3-5-16(17)19(23)24/h3-11H,2H2,1H3,(H,21,22)(H,23,24)/b14-11-. The Hall–Kier alpha value is -3.59. The van der Waals surface area contributed by atoms with E-state index in [4.69, 9.17) is 9.84 Å². The van der Waals surface area contributed by atoms with Crippen molar-refractivity contribution in [3.8, 4) is 11.8 Å². The number of carboxylic acid groups (broad SMARTS) is 1. The van der Waals surface area contributed by atoms with Gasteiger partial charge in [-0.2, -0.15) is 5.26 Å². The largest absolute Gasteiger partial charge is 0.494 e. The second-order valence-electron chi connectivity index (χ2n) is 4.98. The third-order valence-electron chi connectivity index (χ3n) is 3.27. The van der Waals surface area contributed by atoms with Gasteiger partial charge >= 0.3 is 5.97 Å². The van der Waals surface area contributed by atoms with Gasteiger partial charge in [0.15, 0.2) is 0 Å². The van der Waals surface area contributed by atoms with Crippen LogP contribution in [-0.4, -0.2) is 23.6 Å². The molecule has 0 aliphatic carbocycles. The highest BCUT2D eigenvalue weighted by atomic mass is 16.5. The van der Waals surface area contributed by atoms with Crippen LogP contribution in [0.3, 0.4) is 0 Å². The maximum atomic E-state index is 12.3. The molecule has 0 aromatic heterocycles. The van der Waals surface area contributed by atoms with Crippen molar-refractivity contribution >= 4 is 23.6 Å². The average molecular weight is 336 g/mol. The Bertz CT molecular complexity index is 848. The molecule has 0 spiro atoms. The number of nitrogens with zero attached hydrogens (tertiary/aromatic N) is 1. The predicted octanol–water partition coefficient (Wildman–Crippen LogP) is 3.33. The summed E-state index contributed by atoms with van der Waals surface area (Å²) in [6, 6.07) is 14.7. The van der Waals surface area contributed by atoms with Gasteiger partial charge in [0.25, 0.3) is 5.91 Å². The fraction of sp³-hybridized carbons (Fsp3) is 0.105. The van der Waals surface area contributed by atoms with E-state index in [0.717, 1.165) is 0 Å². The van der Waals surface area contributed by atoms with Crippen LogP contribution >= 0.6 is 0 Å². The molecule has 2 N–H and O–H groups in total. The normalized spacial score (nSPS) is 10.6. The zero-order chi connectivity index (χ0) is 18.2. The number of carbonyl (C=O) groups excluding carboxylic acids is 1. The monoisotopic (exact) mass is 336 g/mol. The van der Waals surface area contributed by atoms with Crippen LogP contribution in [0.1, 0.15) is 22.8 Å². The number of carboxylic acids is 1. The zero-order valence-electron chi connectivity index (χ0n) is 13.5. The van der Waals surface area contributed by atoms with Gasteiger partial charge in [-0.15, -0.1) is 0 Å². The van der Waals surface area contributed by atoms with Gasteiger partial charge < -0.3 is 15.2 Å². The Labute approximate surface area is 145 Å². The quantitative estimate of drug-likeness (QED) is 0.622. The number of nitrogens with one attached hydrogen (secondary N) is 1. The summed E-state index contributed by atoms with van der Waals surface area (Å²) in [5.41, 5.74) is 0.605. The second-order valence-corrected chi connectivity index (χ2v) is 4.98. The third-order valence-corrected chi connectivity index (χ3v) is 3.27. The topological polar surface area (TPSA) is 99.4 Å². The van der Waals surface area contributed by atoms with E-state index in [9.17, 15) is 14.9 Å². The highest BCUT2D eigenvalue weighted by molar-refractivity contribution is 6.11. The van der Waals surface area contributed by atoms with Gasteiger partial charge in [0.1, 0.15) is 17.4 Å². The number of amides is 1. The molecule has 0 radical (unpaired) electrons. The molecule has 0 fully saturated rings. The van der Waals surface area contributed by atoms with E-state index in [1.54, 1.807) is 36.4 Å². The molecule has 6 nitrogen and oxygen atoms in total. The van der Waals surface area contributed by atoms with Gasteiger partial charge in [0.05, 0.1) is 17.9 Å². The smallest absolute Gasteiger partial charge is 0.337 e. The van der Waals surface area contributed by atoms with Crippen molar-refractivity contribution in [2.75, 3.05) is 11.9 Å². The van der Waals surface area contributed by atoms with Crippen LogP contribution in [0.5, 0.6) is 5.75 Å². The number of rotatable bonds is 6. The fourth-order valence-electron chi connectivity index (χ4n) is 2.11. The van der Waals surface area contributed by atoms with Gasteiger partial charge in [0, 0.05) is 0 Å². The van der Waals surface area contributed by atoms with Crippen LogP contribution in [0.4, 0.5) is 5.69 Å². The van der Waals surface area contributed by atoms with Crippen molar-refractivity contribution < 1.29 is 19.4 Å². The van der Waals surface area contributed by atoms with Crippen molar-refractivity contribution in [2.45, 2.75) is 6.92 Å². The highest BCUT2D eigenvalue weighted by Crippen LogP contribution is 2.18. The first-order chi connectivity index (χ1) is 12.0. The molecule has 0 aliphatic rings. The first kappa shape index (κ1) is 17.8. The predicted molar refractivity (Wildman–Crippen MR) is 93.2 cm³/mol. The van der Waals surface area contributed by atoms with Crippen LogP contribution in [-0.2, 0) is 4.79 Å². The van der Waals surface area contributed by atoms with Crippen LogP contribution in [0, 0.1) is 11.3 Å². The van der Waals surface area contributed by atoms with Gasteiger partial charge in [-0.05, 0) is 42.8 Å². The molecule has 0 heterocycles. The molecule has 0 atom stereocenters. The van der Waals surface area contributed by atoms with Crippen LogP contribution < -0.4 is 10.1 Å². The summed E-state index contributed by atoms with van der Waals surface area (Å²) >= 11 is 0. The summed E-state index contributed by atoms with van der Waals surface area (Å²) in [6.45, 7) is 2.42. The summed E-state index contributed by atoms with van der Waals surface area (Å²) < 4.78 is 5.33. The van der Waals surface area contributed by atoms with Crippen LogP contribution in [0.25, 0.3) is 6.08 Å². The summed E-state index contributed by atoms with van der Waals surface area (Å²) in [7, 11) is 0. The van der Waals surface area contributed by atoms with Gasteiger partial charge in [-0.1, -0.05) is 24.3 Å². The number of hydrogen-bond acceptors (Lipinski definition) is 4. The Morgan fingerprint density at radius 3 is 2.48 bits per heavy atom. The molecule has 6 heteroatoms. The van der Waals surface area contributed by atoms with E-state index < -0.39 is 11.9 Å². The maximum Gasteiger partial charge on any atom is 0.337 e. The molecular formula is C19H16N2O4. The van der Waals surface area contributed by atoms with Crippen LogP contribution in [0.2, 0.25) is 0 Å². The lowest BCUT2D eigenvalue weighted by Crippen LogP contribution is -2.16. The van der Waals surface area contributed by atoms with Crippen molar-refractivity contribution in [2.24, 2.45) is 0 Å². The number of carbonyl (C=O) groups is 2. The van der Waals surface area contributed by atoms with Crippen LogP contribution in [0.15, 0.2) is 54.1 Å². The van der Waals surface area contributed by atoms with Gasteiger partial charge in [0.2, 0.25) is 0 Å². The number of nitriles is 1. The molecule has 2 rings (SSSR count). The van der Waals surface area contributed by atoms with E-state index in [0.29, 0.717) is 17.9 Å². The number of anilines is 1. The number of hydrogen-bond donors (Lipinski definition) is 2. The van der Waals surface area contributed by atoms with Crippen molar-refractivity contribution in [1.82, 2.24) is 0 Å². The van der Waals surface area contributed by atoms with Gasteiger partial charge in [-0.3, -0.25) is 4.79 Å². The third kappa shape index (κ3) is 4.69. The lowest BCUT2D eigenvalue weighted by atomic mass is 10.1. The lowest BCUT2D eigenvalue weighted by Gasteiger charge is -2.07. The molecule has 0 saturated heterocycles. The summed E-state index contributed by atoms with van der Waals surface area (Å²) in [5, 5.41) is 20.8. The Morgan fingerprint density at radius 1 is 1.20 bits per heavy atom. The molecule has 126 valence electrons.